The molecule has 0 fully saturated rings. The monoisotopic (exact) mass is 247 g/mol. The lowest BCUT2D eigenvalue weighted by Crippen LogP contribution is -2.10. The minimum absolute atomic E-state index is 0.306. The number of pyridine rings is 1. The summed E-state index contributed by atoms with van der Waals surface area (Å²) in [6.45, 7) is 0.497. The maximum absolute atomic E-state index is 11.6. The topological polar surface area (TPSA) is 90.4 Å². The Labute approximate surface area is 104 Å². The first kappa shape index (κ1) is 12.0. The van der Waals surface area contributed by atoms with Crippen LogP contribution in [0, 0.1) is 0 Å². The van der Waals surface area contributed by atoms with Gasteiger partial charge in [0.1, 0.15) is 11.4 Å². The number of nitrogens with two attached hydrogens (primary N) is 1. The standard InChI is InChI=1S/C12H13N3O3/c1-17-12(16)10-4-9(13)6-15-11(10)14-5-8-2-3-18-7-8/h2-4,6-7H,5,13H2,1H3,(H,14,15). The quantitative estimate of drug-likeness (QED) is 0.798. The highest BCUT2D eigenvalue weighted by Crippen LogP contribution is 2.17. The summed E-state index contributed by atoms with van der Waals surface area (Å²) < 4.78 is 9.62. The molecule has 0 atom stereocenters. The minimum Gasteiger partial charge on any atom is -0.472 e. The molecule has 6 nitrogen and oxygen atoms in total. The molecule has 2 aromatic rings. The molecule has 0 radical (unpaired) electrons. The molecule has 0 aliphatic heterocycles. The number of nitrogen functional groups attached to an aromatic ring is 1. The van der Waals surface area contributed by atoms with Gasteiger partial charge < -0.3 is 20.2 Å². The number of methoxy groups -OCH3 is 1. The van der Waals surface area contributed by atoms with Crippen LogP contribution in [0.4, 0.5) is 11.5 Å². The average Bonchev–Trinajstić information content (AvgIpc) is 2.89. The second-order valence-electron chi connectivity index (χ2n) is 3.64. The molecule has 0 unspecified atom stereocenters. The highest BCUT2D eigenvalue weighted by atomic mass is 16.5. The number of rotatable bonds is 4. The van der Waals surface area contributed by atoms with E-state index in [2.05, 4.69) is 15.0 Å². The van der Waals surface area contributed by atoms with Crippen LogP contribution in [0.2, 0.25) is 0 Å². The third-order valence-electron chi connectivity index (χ3n) is 2.35. The summed E-state index contributed by atoms with van der Waals surface area (Å²) in [4.78, 5) is 15.7. The largest absolute Gasteiger partial charge is 0.472 e. The zero-order valence-corrected chi connectivity index (χ0v) is 9.84. The number of ether oxygens (including phenoxy) is 1. The van der Waals surface area contributed by atoms with Crippen LogP contribution in [0.1, 0.15) is 15.9 Å². The van der Waals surface area contributed by atoms with Crippen LogP contribution in [0.3, 0.4) is 0 Å². The molecule has 0 bridgehead atoms. The zero-order valence-electron chi connectivity index (χ0n) is 9.84. The molecule has 0 amide bonds. The van der Waals surface area contributed by atoms with Crippen LogP contribution < -0.4 is 11.1 Å². The van der Waals surface area contributed by atoms with Gasteiger partial charge in [0.2, 0.25) is 0 Å². The highest BCUT2D eigenvalue weighted by molar-refractivity contribution is 5.95. The summed E-state index contributed by atoms with van der Waals surface area (Å²) in [6.07, 6.45) is 4.67. The van der Waals surface area contributed by atoms with Crippen molar-refractivity contribution in [3.63, 3.8) is 0 Å². The second kappa shape index (κ2) is 5.22. The summed E-state index contributed by atoms with van der Waals surface area (Å²) in [7, 11) is 1.31. The van der Waals surface area contributed by atoms with Gasteiger partial charge in [-0.2, -0.15) is 0 Å². The SMILES string of the molecule is COC(=O)c1cc(N)cnc1NCc1ccoc1. The van der Waals surface area contributed by atoms with Crippen LogP contribution in [0.25, 0.3) is 0 Å². The van der Waals surface area contributed by atoms with E-state index < -0.39 is 5.97 Å². The molecular formula is C12H13N3O3. The fraction of sp³-hybridized carbons (Fsp3) is 0.167. The molecule has 0 saturated carbocycles. The summed E-state index contributed by atoms with van der Waals surface area (Å²) >= 11 is 0. The number of esters is 1. The predicted molar refractivity (Wildman–Crippen MR) is 66.0 cm³/mol. The van der Waals surface area contributed by atoms with Gasteiger partial charge in [-0.25, -0.2) is 9.78 Å². The lowest BCUT2D eigenvalue weighted by atomic mass is 10.2. The van der Waals surface area contributed by atoms with Gasteiger partial charge in [-0.05, 0) is 12.1 Å². The lowest BCUT2D eigenvalue weighted by molar-refractivity contribution is 0.0601. The van der Waals surface area contributed by atoms with Crippen molar-refractivity contribution in [2.75, 3.05) is 18.2 Å². The van der Waals surface area contributed by atoms with Gasteiger partial charge in [-0.1, -0.05) is 0 Å². The van der Waals surface area contributed by atoms with Crippen molar-refractivity contribution in [2.24, 2.45) is 0 Å². The number of hydrogen-bond donors (Lipinski definition) is 2. The second-order valence-corrected chi connectivity index (χ2v) is 3.64. The molecule has 18 heavy (non-hydrogen) atoms. The van der Waals surface area contributed by atoms with Gasteiger partial charge in [-0.15, -0.1) is 0 Å². The molecule has 94 valence electrons. The van der Waals surface area contributed by atoms with Crippen LogP contribution in [-0.4, -0.2) is 18.1 Å². The predicted octanol–water partition coefficient (Wildman–Crippen LogP) is 1.66. The molecule has 0 saturated heterocycles. The Morgan fingerprint density at radius 1 is 1.61 bits per heavy atom. The summed E-state index contributed by atoms with van der Waals surface area (Å²) in [5.41, 5.74) is 7.26. The van der Waals surface area contributed by atoms with Gasteiger partial charge in [0.25, 0.3) is 0 Å². The van der Waals surface area contributed by atoms with E-state index in [1.165, 1.54) is 19.4 Å². The van der Waals surface area contributed by atoms with Gasteiger partial charge in [0.15, 0.2) is 0 Å². The Balaban J connectivity index is 2.18. The molecule has 6 heteroatoms. The molecule has 2 aromatic heterocycles. The van der Waals surface area contributed by atoms with Crippen LogP contribution >= 0.6 is 0 Å². The summed E-state index contributed by atoms with van der Waals surface area (Å²) in [6, 6.07) is 3.35. The fourth-order valence-electron chi connectivity index (χ4n) is 1.47. The van der Waals surface area contributed by atoms with E-state index in [-0.39, 0.29) is 0 Å². The zero-order chi connectivity index (χ0) is 13.0. The smallest absolute Gasteiger partial charge is 0.341 e. The Morgan fingerprint density at radius 3 is 3.11 bits per heavy atom. The van der Waals surface area contributed by atoms with Crippen molar-refractivity contribution >= 4 is 17.5 Å². The molecule has 0 aromatic carbocycles. The number of aromatic nitrogens is 1. The van der Waals surface area contributed by atoms with E-state index in [0.717, 1.165) is 5.56 Å². The first-order valence-corrected chi connectivity index (χ1v) is 5.29. The van der Waals surface area contributed by atoms with E-state index in [1.54, 1.807) is 12.5 Å². The number of carbonyl (C=O) groups is 1. The Hall–Kier alpha value is -2.50. The molecule has 0 aliphatic rings. The molecule has 2 heterocycles. The van der Waals surface area contributed by atoms with E-state index in [1.807, 2.05) is 6.07 Å². The first-order valence-electron chi connectivity index (χ1n) is 5.29. The molecule has 0 spiro atoms. The van der Waals surface area contributed by atoms with E-state index >= 15 is 0 Å². The Bertz CT molecular complexity index is 538. The van der Waals surface area contributed by atoms with Crippen molar-refractivity contribution < 1.29 is 13.9 Å². The van der Waals surface area contributed by atoms with Gasteiger partial charge in [0, 0.05) is 12.1 Å². The van der Waals surface area contributed by atoms with Crippen LogP contribution in [0.5, 0.6) is 0 Å². The number of furan rings is 1. The Morgan fingerprint density at radius 2 is 2.44 bits per heavy atom. The maximum Gasteiger partial charge on any atom is 0.341 e. The molecule has 3 N–H and O–H groups in total. The Kier molecular flexibility index (Phi) is 3.47. The number of anilines is 2. The van der Waals surface area contributed by atoms with E-state index in [4.69, 9.17) is 10.2 Å². The van der Waals surface area contributed by atoms with Crippen molar-refractivity contribution in [1.29, 1.82) is 0 Å². The normalized spacial score (nSPS) is 10.1. The summed E-state index contributed by atoms with van der Waals surface area (Å²) in [5.74, 6) is -0.0539. The molecule has 0 aliphatic carbocycles. The number of nitrogens with zero attached hydrogens (tertiary/aromatic N) is 1. The van der Waals surface area contributed by atoms with Crippen LogP contribution in [0.15, 0.2) is 35.3 Å². The van der Waals surface area contributed by atoms with Crippen molar-refractivity contribution in [2.45, 2.75) is 6.54 Å². The number of carbonyl (C=O) groups excluding carboxylic acids is 1. The maximum atomic E-state index is 11.6. The number of nitrogens with one attached hydrogen (secondary N) is 1. The van der Waals surface area contributed by atoms with E-state index in [9.17, 15) is 4.79 Å². The molecule has 2 rings (SSSR count). The average molecular weight is 247 g/mol. The highest BCUT2D eigenvalue weighted by Gasteiger charge is 2.13. The number of hydrogen-bond acceptors (Lipinski definition) is 6. The lowest BCUT2D eigenvalue weighted by Gasteiger charge is -2.09. The third kappa shape index (κ3) is 2.60. The van der Waals surface area contributed by atoms with Gasteiger partial charge in [0.05, 0.1) is 31.5 Å². The third-order valence-corrected chi connectivity index (χ3v) is 2.35. The minimum atomic E-state index is -0.482. The first-order chi connectivity index (χ1) is 8.70. The van der Waals surface area contributed by atoms with Crippen molar-refractivity contribution in [1.82, 2.24) is 4.98 Å². The summed E-state index contributed by atoms with van der Waals surface area (Å²) in [5, 5.41) is 3.03. The van der Waals surface area contributed by atoms with Gasteiger partial charge in [-0.3, -0.25) is 0 Å². The van der Waals surface area contributed by atoms with Gasteiger partial charge >= 0.3 is 5.97 Å². The fourth-order valence-corrected chi connectivity index (χ4v) is 1.47. The molecular weight excluding hydrogens is 234 g/mol. The van der Waals surface area contributed by atoms with Crippen molar-refractivity contribution in [3.05, 3.63) is 42.0 Å². The van der Waals surface area contributed by atoms with Crippen molar-refractivity contribution in [3.8, 4) is 0 Å². The van der Waals surface area contributed by atoms with Crippen LogP contribution in [-0.2, 0) is 11.3 Å². The van der Waals surface area contributed by atoms with E-state index in [0.29, 0.717) is 23.6 Å².